The number of sulfonamides is 1. The summed E-state index contributed by atoms with van der Waals surface area (Å²) in [6.45, 7) is 2.02. The molecule has 1 N–H and O–H groups in total. The Hall–Kier alpha value is -3.07. The number of carbonyl (C=O) groups excluding carboxylic acids is 2. The summed E-state index contributed by atoms with van der Waals surface area (Å²) in [5, 5.41) is 0. The van der Waals surface area contributed by atoms with Crippen LogP contribution in [0, 0.1) is 5.92 Å². The first-order valence-electron chi connectivity index (χ1n) is 12.2. The van der Waals surface area contributed by atoms with Crippen molar-refractivity contribution in [1.82, 2.24) is 9.80 Å². The van der Waals surface area contributed by atoms with E-state index in [-0.39, 0.29) is 16.7 Å². The van der Waals surface area contributed by atoms with Crippen molar-refractivity contribution in [3.63, 3.8) is 0 Å². The van der Waals surface area contributed by atoms with E-state index in [9.17, 15) is 18.0 Å². The van der Waals surface area contributed by atoms with Gasteiger partial charge in [0.2, 0.25) is 5.91 Å². The number of para-hydroxylation sites is 2. The lowest BCUT2D eigenvalue weighted by Gasteiger charge is -2.35. The number of benzene rings is 2. The lowest BCUT2D eigenvalue weighted by atomic mass is 10.0. The molecule has 0 aromatic heterocycles. The minimum absolute atomic E-state index is 0.0534. The van der Waals surface area contributed by atoms with Crippen molar-refractivity contribution in [2.45, 2.75) is 43.4 Å². The molecule has 1 saturated heterocycles. The largest absolute Gasteiger partial charge is 0.495 e. The van der Waals surface area contributed by atoms with Gasteiger partial charge >= 0.3 is 0 Å². The van der Waals surface area contributed by atoms with Gasteiger partial charge in [-0.2, -0.15) is 0 Å². The van der Waals surface area contributed by atoms with E-state index in [1.165, 1.54) is 57.1 Å². The fourth-order valence-corrected chi connectivity index (χ4v) is 5.91. The van der Waals surface area contributed by atoms with E-state index in [2.05, 4.69) is 4.72 Å². The highest BCUT2D eigenvalue weighted by atomic mass is 32.2. The molecule has 1 saturated carbocycles. The predicted octanol–water partition coefficient (Wildman–Crippen LogP) is 3.75. The highest BCUT2D eigenvalue weighted by Gasteiger charge is 2.26. The molecule has 1 aliphatic heterocycles. The third kappa shape index (κ3) is 6.14. The molecule has 188 valence electrons. The molecule has 8 nitrogen and oxygen atoms in total. The summed E-state index contributed by atoms with van der Waals surface area (Å²) in [5.74, 6) is 1.13. The van der Waals surface area contributed by atoms with Gasteiger partial charge in [0.05, 0.1) is 17.7 Å². The van der Waals surface area contributed by atoms with Crippen LogP contribution in [0.2, 0.25) is 0 Å². The smallest absolute Gasteiger partial charge is 0.262 e. The van der Waals surface area contributed by atoms with Crippen LogP contribution in [0.3, 0.4) is 0 Å². The Balaban J connectivity index is 1.31. The summed E-state index contributed by atoms with van der Waals surface area (Å²) in [6.07, 6.45) is 6.62. The van der Waals surface area contributed by atoms with E-state index in [1.807, 2.05) is 4.90 Å². The highest BCUT2D eigenvalue weighted by molar-refractivity contribution is 7.92. The zero-order chi connectivity index (χ0) is 24.8. The summed E-state index contributed by atoms with van der Waals surface area (Å²) < 4.78 is 33.3. The van der Waals surface area contributed by atoms with Gasteiger partial charge in [0.25, 0.3) is 15.9 Å². The molecule has 35 heavy (non-hydrogen) atoms. The van der Waals surface area contributed by atoms with Crippen LogP contribution in [0.25, 0.3) is 0 Å². The van der Waals surface area contributed by atoms with Crippen LogP contribution in [0.5, 0.6) is 5.75 Å². The third-order valence-corrected chi connectivity index (χ3v) is 8.31. The number of nitrogens with zero attached hydrogens (tertiary/aromatic N) is 2. The fourth-order valence-electron chi connectivity index (χ4n) is 4.84. The molecule has 0 spiro atoms. The monoisotopic (exact) mass is 499 g/mol. The van der Waals surface area contributed by atoms with Crippen LogP contribution >= 0.6 is 0 Å². The van der Waals surface area contributed by atoms with Gasteiger partial charge in [0.1, 0.15) is 5.75 Å². The maximum Gasteiger partial charge on any atom is 0.262 e. The molecule has 2 aliphatic rings. The number of piperazine rings is 1. The number of hydrogen-bond acceptors (Lipinski definition) is 5. The summed E-state index contributed by atoms with van der Waals surface area (Å²) >= 11 is 0. The molecule has 2 aromatic rings. The van der Waals surface area contributed by atoms with Gasteiger partial charge in [0, 0.05) is 38.2 Å². The van der Waals surface area contributed by atoms with Gasteiger partial charge in [-0.05, 0) is 48.7 Å². The van der Waals surface area contributed by atoms with Crippen LogP contribution in [0.1, 0.15) is 48.9 Å². The minimum atomic E-state index is -3.84. The Labute approximate surface area is 207 Å². The van der Waals surface area contributed by atoms with E-state index in [1.54, 1.807) is 29.2 Å². The molecule has 2 aromatic carbocycles. The average molecular weight is 500 g/mol. The van der Waals surface area contributed by atoms with Gasteiger partial charge in [0.15, 0.2) is 0 Å². The number of hydrogen-bond donors (Lipinski definition) is 1. The average Bonchev–Trinajstić information content (AvgIpc) is 3.41. The quantitative estimate of drug-likeness (QED) is 0.597. The second-order valence-electron chi connectivity index (χ2n) is 9.19. The topological polar surface area (TPSA) is 96.0 Å². The summed E-state index contributed by atoms with van der Waals surface area (Å²) in [5.41, 5.74) is 0.757. The third-order valence-electron chi connectivity index (χ3n) is 6.92. The minimum Gasteiger partial charge on any atom is -0.495 e. The number of carbonyl (C=O) groups is 2. The second kappa shape index (κ2) is 11.1. The molecule has 0 unspecified atom stereocenters. The van der Waals surface area contributed by atoms with Crippen LogP contribution in [0.4, 0.5) is 5.69 Å². The molecule has 0 radical (unpaired) electrons. The SMILES string of the molecule is COc1ccccc1NS(=O)(=O)c1ccc(C(=O)N2CCN(C(=O)CCC3CCCC3)CC2)cc1. The van der Waals surface area contributed by atoms with Gasteiger partial charge in [-0.25, -0.2) is 8.42 Å². The molecule has 0 bridgehead atoms. The lowest BCUT2D eigenvalue weighted by Crippen LogP contribution is -2.50. The lowest BCUT2D eigenvalue weighted by molar-refractivity contribution is -0.133. The molecule has 2 amide bonds. The van der Waals surface area contributed by atoms with Crippen molar-refractivity contribution in [2.75, 3.05) is 38.0 Å². The number of methoxy groups -OCH3 is 1. The van der Waals surface area contributed by atoms with Crippen LogP contribution in [-0.2, 0) is 14.8 Å². The Kier molecular flexibility index (Phi) is 7.95. The molecule has 4 rings (SSSR count). The second-order valence-corrected chi connectivity index (χ2v) is 10.9. The van der Waals surface area contributed by atoms with Crippen LogP contribution < -0.4 is 9.46 Å². The summed E-state index contributed by atoms with van der Waals surface area (Å²) in [4.78, 5) is 29.1. The highest BCUT2D eigenvalue weighted by Crippen LogP contribution is 2.29. The predicted molar refractivity (Wildman–Crippen MR) is 134 cm³/mol. The molecule has 0 atom stereocenters. The van der Waals surface area contributed by atoms with Gasteiger partial charge < -0.3 is 14.5 Å². The Morgan fingerprint density at radius 3 is 2.23 bits per heavy atom. The number of nitrogens with one attached hydrogen (secondary N) is 1. The van der Waals surface area contributed by atoms with E-state index >= 15 is 0 Å². The first-order chi connectivity index (χ1) is 16.9. The van der Waals surface area contributed by atoms with Crippen molar-refractivity contribution in [2.24, 2.45) is 5.92 Å². The molecule has 1 aliphatic carbocycles. The number of anilines is 1. The first-order valence-corrected chi connectivity index (χ1v) is 13.7. The Bertz CT molecular complexity index is 1140. The van der Waals surface area contributed by atoms with Gasteiger partial charge in [-0.15, -0.1) is 0 Å². The normalized spacial score (nSPS) is 16.8. The number of amides is 2. The maximum atomic E-state index is 13.0. The van der Waals surface area contributed by atoms with Crippen molar-refractivity contribution >= 4 is 27.5 Å². The molecule has 2 fully saturated rings. The summed E-state index contributed by atoms with van der Waals surface area (Å²) in [7, 11) is -2.37. The van der Waals surface area contributed by atoms with Crippen molar-refractivity contribution < 1.29 is 22.7 Å². The number of ether oxygens (including phenoxy) is 1. The Morgan fingerprint density at radius 2 is 1.57 bits per heavy atom. The van der Waals surface area contributed by atoms with Crippen LogP contribution in [-0.4, -0.2) is 63.3 Å². The number of rotatable bonds is 8. The first kappa shape index (κ1) is 25.0. The molecular weight excluding hydrogens is 466 g/mol. The van der Waals surface area contributed by atoms with Crippen molar-refractivity contribution in [3.05, 3.63) is 54.1 Å². The van der Waals surface area contributed by atoms with E-state index in [0.717, 1.165) is 6.42 Å². The zero-order valence-corrected chi connectivity index (χ0v) is 20.9. The maximum absolute atomic E-state index is 13.0. The Morgan fingerprint density at radius 1 is 0.943 bits per heavy atom. The standard InChI is InChI=1S/C26H33N3O5S/c1-34-24-9-5-4-8-23(24)27-35(32,33)22-13-11-21(12-14-22)26(31)29-18-16-28(17-19-29)25(30)15-10-20-6-2-3-7-20/h4-5,8-9,11-14,20,27H,2-3,6-7,10,15-19H2,1H3. The van der Waals surface area contributed by atoms with Gasteiger partial charge in [-0.3, -0.25) is 14.3 Å². The van der Waals surface area contributed by atoms with E-state index in [4.69, 9.17) is 4.74 Å². The molecule has 9 heteroatoms. The fraction of sp³-hybridized carbons (Fsp3) is 0.462. The molecule has 1 heterocycles. The van der Waals surface area contributed by atoms with E-state index < -0.39 is 10.0 Å². The van der Waals surface area contributed by atoms with Gasteiger partial charge in [-0.1, -0.05) is 37.8 Å². The van der Waals surface area contributed by atoms with E-state index in [0.29, 0.717) is 55.5 Å². The summed E-state index contributed by atoms with van der Waals surface area (Å²) in [6, 6.07) is 12.7. The van der Waals surface area contributed by atoms with Crippen molar-refractivity contribution in [1.29, 1.82) is 0 Å². The molecular formula is C26H33N3O5S. The van der Waals surface area contributed by atoms with Crippen LogP contribution in [0.15, 0.2) is 53.4 Å². The zero-order valence-electron chi connectivity index (χ0n) is 20.1. The van der Waals surface area contributed by atoms with Crippen molar-refractivity contribution in [3.8, 4) is 5.75 Å².